The molecule has 0 saturated carbocycles. The van der Waals surface area contributed by atoms with Crippen LogP contribution >= 0.6 is 24.0 Å². The van der Waals surface area contributed by atoms with Crippen molar-refractivity contribution in [2.45, 2.75) is 17.7 Å². The SMILES string of the molecule is COc1ccc(/C=C2/NC(=S)N(c3ccccc3C)C2=O)cc1CSc1ccccn1. The quantitative estimate of drug-likeness (QED) is 0.328. The molecule has 0 spiro atoms. The fourth-order valence-corrected chi connectivity index (χ4v) is 4.45. The third-order valence-electron chi connectivity index (χ3n) is 4.86. The van der Waals surface area contributed by atoms with Gasteiger partial charge in [-0.1, -0.05) is 30.3 Å². The first-order valence-corrected chi connectivity index (χ1v) is 11.1. The lowest BCUT2D eigenvalue weighted by Crippen LogP contribution is -2.30. The molecule has 0 bridgehead atoms. The van der Waals surface area contributed by atoms with Gasteiger partial charge in [0.1, 0.15) is 11.4 Å². The van der Waals surface area contributed by atoms with Gasteiger partial charge < -0.3 is 10.1 Å². The highest BCUT2D eigenvalue weighted by atomic mass is 32.2. The first-order chi connectivity index (χ1) is 15.1. The third kappa shape index (κ3) is 4.62. The molecule has 5 nitrogen and oxygen atoms in total. The molecule has 1 amide bonds. The number of thiocarbonyl (C=S) groups is 1. The van der Waals surface area contributed by atoms with Crippen LogP contribution in [0.15, 0.2) is 77.6 Å². The normalized spacial score (nSPS) is 14.8. The van der Waals surface area contributed by atoms with Gasteiger partial charge in [-0.2, -0.15) is 0 Å². The highest BCUT2D eigenvalue weighted by molar-refractivity contribution is 7.98. The van der Waals surface area contributed by atoms with Gasteiger partial charge in [0.25, 0.3) is 5.91 Å². The second-order valence-corrected chi connectivity index (χ2v) is 8.33. The number of nitrogens with zero attached hydrogens (tertiary/aromatic N) is 2. The van der Waals surface area contributed by atoms with Gasteiger partial charge in [0.2, 0.25) is 0 Å². The average Bonchev–Trinajstić information content (AvgIpc) is 3.06. The number of anilines is 1. The van der Waals surface area contributed by atoms with E-state index in [1.807, 2.05) is 73.7 Å². The Morgan fingerprint density at radius 3 is 2.71 bits per heavy atom. The maximum atomic E-state index is 13.1. The zero-order valence-electron chi connectivity index (χ0n) is 17.2. The maximum Gasteiger partial charge on any atom is 0.281 e. The predicted octanol–water partition coefficient (Wildman–Crippen LogP) is 4.95. The summed E-state index contributed by atoms with van der Waals surface area (Å²) < 4.78 is 5.52. The van der Waals surface area contributed by atoms with E-state index in [9.17, 15) is 4.79 Å². The zero-order valence-corrected chi connectivity index (χ0v) is 18.8. The van der Waals surface area contributed by atoms with Crippen molar-refractivity contribution in [3.63, 3.8) is 0 Å². The topological polar surface area (TPSA) is 54.5 Å². The molecular weight excluding hydrogens is 426 g/mol. The number of amides is 1. The Morgan fingerprint density at radius 2 is 1.97 bits per heavy atom. The minimum Gasteiger partial charge on any atom is -0.496 e. The van der Waals surface area contributed by atoms with Gasteiger partial charge in [0.05, 0.1) is 17.8 Å². The lowest BCUT2D eigenvalue weighted by Gasteiger charge is -2.16. The Kier molecular flexibility index (Phi) is 6.34. The number of hydrogen-bond donors (Lipinski definition) is 1. The van der Waals surface area contributed by atoms with Crippen LogP contribution < -0.4 is 15.0 Å². The maximum absolute atomic E-state index is 13.1. The molecule has 31 heavy (non-hydrogen) atoms. The van der Waals surface area contributed by atoms with E-state index in [1.54, 1.807) is 25.1 Å². The molecule has 1 aromatic heterocycles. The molecule has 7 heteroatoms. The van der Waals surface area contributed by atoms with E-state index in [0.29, 0.717) is 16.6 Å². The monoisotopic (exact) mass is 447 g/mol. The van der Waals surface area contributed by atoms with Crippen molar-refractivity contribution in [1.82, 2.24) is 10.3 Å². The lowest BCUT2D eigenvalue weighted by atomic mass is 10.1. The number of thioether (sulfide) groups is 1. The molecule has 1 aliphatic heterocycles. The highest BCUT2D eigenvalue weighted by Crippen LogP contribution is 2.30. The number of rotatable bonds is 6. The average molecular weight is 448 g/mol. The van der Waals surface area contributed by atoms with Crippen LogP contribution in [0.5, 0.6) is 5.75 Å². The molecule has 0 unspecified atom stereocenters. The smallest absolute Gasteiger partial charge is 0.281 e. The van der Waals surface area contributed by atoms with E-state index in [2.05, 4.69) is 10.3 Å². The second kappa shape index (κ2) is 9.32. The summed E-state index contributed by atoms with van der Waals surface area (Å²) in [5.41, 5.74) is 4.14. The van der Waals surface area contributed by atoms with Crippen molar-refractivity contribution in [2.75, 3.05) is 12.0 Å². The standard InChI is InChI=1S/C24H21N3O2S2/c1-16-7-3-4-8-20(16)27-23(28)19(26-24(27)30)14-17-10-11-21(29-2)18(13-17)15-31-22-9-5-6-12-25-22/h3-14H,15H2,1-2H3,(H,26,30)/b19-14+. The van der Waals surface area contributed by atoms with E-state index in [1.165, 1.54) is 4.90 Å². The van der Waals surface area contributed by atoms with Crippen LogP contribution in [0.4, 0.5) is 5.69 Å². The van der Waals surface area contributed by atoms with E-state index in [4.69, 9.17) is 17.0 Å². The number of aryl methyl sites for hydroxylation is 1. The fourth-order valence-electron chi connectivity index (χ4n) is 3.32. The van der Waals surface area contributed by atoms with E-state index < -0.39 is 0 Å². The number of aromatic nitrogens is 1. The van der Waals surface area contributed by atoms with Crippen molar-refractivity contribution >= 4 is 46.8 Å². The minimum absolute atomic E-state index is 0.167. The molecule has 1 saturated heterocycles. The number of para-hydroxylation sites is 1. The van der Waals surface area contributed by atoms with Crippen molar-refractivity contribution in [2.24, 2.45) is 0 Å². The summed E-state index contributed by atoms with van der Waals surface area (Å²) >= 11 is 7.07. The largest absolute Gasteiger partial charge is 0.496 e. The summed E-state index contributed by atoms with van der Waals surface area (Å²) in [6.45, 7) is 1.96. The lowest BCUT2D eigenvalue weighted by molar-refractivity contribution is -0.113. The van der Waals surface area contributed by atoms with Crippen molar-refractivity contribution in [1.29, 1.82) is 0 Å². The Morgan fingerprint density at radius 1 is 1.16 bits per heavy atom. The van der Waals surface area contributed by atoms with Crippen LogP contribution in [0.25, 0.3) is 6.08 Å². The van der Waals surface area contributed by atoms with Crippen molar-refractivity contribution < 1.29 is 9.53 Å². The summed E-state index contributed by atoms with van der Waals surface area (Å²) in [5, 5.41) is 4.38. The summed E-state index contributed by atoms with van der Waals surface area (Å²) in [4.78, 5) is 19.0. The van der Waals surface area contributed by atoms with Gasteiger partial charge in [-0.05, 0) is 66.7 Å². The molecule has 1 aliphatic rings. The number of methoxy groups -OCH3 is 1. The first-order valence-electron chi connectivity index (χ1n) is 9.70. The van der Waals surface area contributed by atoms with Crippen LogP contribution in [0, 0.1) is 6.92 Å². The predicted molar refractivity (Wildman–Crippen MR) is 129 cm³/mol. The van der Waals surface area contributed by atoms with E-state index in [0.717, 1.165) is 33.2 Å². The molecule has 0 aliphatic carbocycles. The number of hydrogen-bond acceptors (Lipinski definition) is 5. The van der Waals surface area contributed by atoms with E-state index >= 15 is 0 Å². The van der Waals surface area contributed by atoms with Gasteiger partial charge in [-0.15, -0.1) is 11.8 Å². The van der Waals surface area contributed by atoms with Crippen LogP contribution in [-0.4, -0.2) is 23.1 Å². The molecule has 3 aromatic rings. The van der Waals surface area contributed by atoms with Gasteiger partial charge in [0.15, 0.2) is 5.11 Å². The number of ether oxygens (including phenoxy) is 1. The molecule has 1 N–H and O–H groups in total. The first kappa shape index (κ1) is 21.1. The molecule has 0 atom stereocenters. The fraction of sp³-hybridized carbons (Fsp3) is 0.125. The molecule has 2 heterocycles. The molecular formula is C24H21N3O2S2. The molecule has 4 rings (SSSR count). The van der Waals surface area contributed by atoms with Crippen LogP contribution in [-0.2, 0) is 10.5 Å². The van der Waals surface area contributed by atoms with Gasteiger partial charge in [-0.25, -0.2) is 4.98 Å². The van der Waals surface area contributed by atoms with Crippen LogP contribution in [0.2, 0.25) is 0 Å². The van der Waals surface area contributed by atoms with E-state index in [-0.39, 0.29) is 5.91 Å². The highest BCUT2D eigenvalue weighted by Gasteiger charge is 2.32. The molecule has 0 radical (unpaired) electrons. The van der Waals surface area contributed by atoms with Crippen molar-refractivity contribution in [3.05, 3.63) is 89.2 Å². The Bertz CT molecular complexity index is 1160. The summed E-state index contributed by atoms with van der Waals surface area (Å²) in [7, 11) is 1.66. The summed E-state index contributed by atoms with van der Waals surface area (Å²) in [6, 6.07) is 19.4. The molecule has 1 fully saturated rings. The van der Waals surface area contributed by atoms with Gasteiger partial charge in [0, 0.05) is 17.5 Å². The molecule has 156 valence electrons. The minimum atomic E-state index is -0.167. The summed E-state index contributed by atoms with van der Waals surface area (Å²) in [5.74, 6) is 1.33. The van der Waals surface area contributed by atoms with Crippen LogP contribution in [0.1, 0.15) is 16.7 Å². The third-order valence-corrected chi connectivity index (χ3v) is 6.14. The number of carbonyl (C=O) groups excluding carboxylic acids is 1. The zero-order chi connectivity index (χ0) is 21.8. The number of benzene rings is 2. The number of carbonyl (C=O) groups is 1. The van der Waals surface area contributed by atoms with Crippen molar-refractivity contribution in [3.8, 4) is 5.75 Å². The Labute approximate surface area is 191 Å². The Balaban J connectivity index is 1.59. The Hall–Kier alpha value is -3.16. The van der Waals surface area contributed by atoms with Crippen LogP contribution in [0.3, 0.4) is 0 Å². The number of pyridine rings is 1. The summed E-state index contributed by atoms with van der Waals surface area (Å²) in [6.07, 6.45) is 3.60. The van der Waals surface area contributed by atoms with Gasteiger partial charge in [-0.3, -0.25) is 9.69 Å². The second-order valence-electron chi connectivity index (χ2n) is 6.94. The van der Waals surface area contributed by atoms with Gasteiger partial charge >= 0.3 is 0 Å². The molecule has 2 aromatic carbocycles. The number of nitrogens with one attached hydrogen (secondary N) is 1.